The van der Waals surface area contributed by atoms with Gasteiger partial charge in [0.1, 0.15) is 10.7 Å². The SMILES string of the molecule is CC(=O)N1CCN(C(=O)c2csc(CN(C(=O)Nc3ccc(Cl)cc3)C(C)C)n2)CC1. The molecule has 0 saturated carbocycles. The van der Waals surface area contributed by atoms with E-state index in [0.717, 1.165) is 0 Å². The number of piperazine rings is 1. The number of amides is 4. The van der Waals surface area contributed by atoms with Crippen molar-refractivity contribution in [3.05, 3.63) is 45.4 Å². The molecule has 0 atom stereocenters. The molecule has 1 aliphatic rings. The van der Waals surface area contributed by atoms with E-state index in [1.165, 1.54) is 18.3 Å². The van der Waals surface area contributed by atoms with Gasteiger partial charge in [-0.15, -0.1) is 11.3 Å². The van der Waals surface area contributed by atoms with Crippen LogP contribution in [0.2, 0.25) is 5.02 Å². The van der Waals surface area contributed by atoms with Crippen molar-refractivity contribution in [1.29, 1.82) is 0 Å². The van der Waals surface area contributed by atoms with E-state index in [-0.39, 0.29) is 23.9 Å². The lowest BCUT2D eigenvalue weighted by atomic mass is 10.3. The van der Waals surface area contributed by atoms with Crippen LogP contribution in [0.5, 0.6) is 0 Å². The third-order valence-electron chi connectivity index (χ3n) is 5.07. The lowest BCUT2D eigenvalue weighted by Gasteiger charge is -2.33. The van der Waals surface area contributed by atoms with Crippen LogP contribution < -0.4 is 5.32 Å². The minimum atomic E-state index is -0.249. The van der Waals surface area contributed by atoms with Crippen molar-refractivity contribution in [3.63, 3.8) is 0 Å². The van der Waals surface area contributed by atoms with Gasteiger partial charge in [-0.2, -0.15) is 0 Å². The van der Waals surface area contributed by atoms with E-state index in [2.05, 4.69) is 10.3 Å². The summed E-state index contributed by atoms with van der Waals surface area (Å²) in [5.41, 5.74) is 1.03. The summed E-state index contributed by atoms with van der Waals surface area (Å²) in [4.78, 5) is 46.6. The molecule has 1 fully saturated rings. The molecule has 0 aliphatic carbocycles. The average Bonchev–Trinajstić information content (AvgIpc) is 3.21. The van der Waals surface area contributed by atoms with Gasteiger partial charge in [-0.3, -0.25) is 9.59 Å². The molecule has 0 unspecified atom stereocenters. The summed E-state index contributed by atoms with van der Waals surface area (Å²) in [6.07, 6.45) is 0. The maximum atomic E-state index is 12.8. The van der Waals surface area contributed by atoms with E-state index in [9.17, 15) is 14.4 Å². The number of carbonyl (C=O) groups is 3. The summed E-state index contributed by atoms with van der Waals surface area (Å²) in [5, 5.41) is 5.87. The molecule has 1 N–H and O–H groups in total. The van der Waals surface area contributed by atoms with Crippen molar-refractivity contribution >= 4 is 46.5 Å². The second-order valence-corrected chi connectivity index (χ2v) is 8.96. The Morgan fingerprint density at radius 2 is 1.74 bits per heavy atom. The van der Waals surface area contributed by atoms with E-state index >= 15 is 0 Å². The first-order chi connectivity index (χ1) is 14.7. The Morgan fingerprint density at radius 3 is 2.32 bits per heavy atom. The Bertz CT molecular complexity index is 939. The Hall–Kier alpha value is -2.65. The highest BCUT2D eigenvalue weighted by molar-refractivity contribution is 7.09. The molecular weight excluding hydrogens is 438 g/mol. The number of benzene rings is 1. The van der Waals surface area contributed by atoms with Gasteiger partial charge in [0.05, 0.1) is 6.54 Å². The van der Waals surface area contributed by atoms with Crippen LogP contribution in [0.1, 0.15) is 36.3 Å². The standard InChI is InChI=1S/C21H26ClN5O3S/c1-14(2)27(21(30)23-17-6-4-16(22)5-7-17)12-19-24-18(13-31-19)20(29)26-10-8-25(9-11-26)15(3)28/h4-7,13-14H,8-12H2,1-3H3,(H,23,30). The minimum Gasteiger partial charge on any atom is -0.339 e. The fourth-order valence-corrected chi connectivity index (χ4v) is 4.12. The van der Waals surface area contributed by atoms with Crippen LogP contribution in [0, 0.1) is 0 Å². The van der Waals surface area contributed by atoms with Gasteiger partial charge in [0.25, 0.3) is 5.91 Å². The van der Waals surface area contributed by atoms with Crippen LogP contribution in [0.4, 0.5) is 10.5 Å². The Labute approximate surface area is 190 Å². The van der Waals surface area contributed by atoms with E-state index in [4.69, 9.17) is 11.6 Å². The summed E-state index contributed by atoms with van der Waals surface area (Å²) in [5.74, 6) is -0.124. The van der Waals surface area contributed by atoms with Crippen molar-refractivity contribution in [2.75, 3.05) is 31.5 Å². The predicted molar refractivity (Wildman–Crippen MR) is 121 cm³/mol. The van der Waals surface area contributed by atoms with Crippen LogP contribution in [0.15, 0.2) is 29.6 Å². The van der Waals surface area contributed by atoms with Crippen LogP contribution in [-0.4, -0.2) is 69.8 Å². The maximum absolute atomic E-state index is 12.8. The monoisotopic (exact) mass is 463 g/mol. The Kier molecular flexibility index (Phi) is 7.50. The molecule has 3 rings (SSSR count). The maximum Gasteiger partial charge on any atom is 0.322 e. The van der Waals surface area contributed by atoms with E-state index < -0.39 is 0 Å². The van der Waals surface area contributed by atoms with Gasteiger partial charge < -0.3 is 20.0 Å². The van der Waals surface area contributed by atoms with E-state index in [1.54, 1.807) is 44.3 Å². The zero-order valence-corrected chi connectivity index (χ0v) is 19.4. The number of halogens is 1. The zero-order chi connectivity index (χ0) is 22.5. The van der Waals surface area contributed by atoms with Gasteiger partial charge >= 0.3 is 6.03 Å². The summed E-state index contributed by atoms with van der Waals surface area (Å²) >= 11 is 7.25. The highest BCUT2D eigenvalue weighted by Crippen LogP contribution is 2.19. The number of rotatable bonds is 5. The molecule has 1 saturated heterocycles. The lowest BCUT2D eigenvalue weighted by Crippen LogP contribution is -2.50. The van der Waals surface area contributed by atoms with Crippen molar-refractivity contribution in [2.45, 2.75) is 33.4 Å². The average molecular weight is 464 g/mol. The van der Waals surface area contributed by atoms with Gasteiger partial charge in [0, 0.05) is 55.2 Å². The lowest BCUT2D eigenvalue weighted by molar-refractivity contribution is -0.130. The molecule has 4 amide bonds. The molecule has 1 aromatic heterocycles. The van der Waals surface area contributed by atoms with Gasteiger partial charge in [-0.25, -0.2) is 9.78 Å². The number of nitrogens with zero attached hydrogens (tertiary/aromatic N) is 4. The number of anilines is 1. The fourth-order valence-electron chi connectivity index (χ4n) is 3.23. The molecule has 0 bridgehead atoms. The van der Waals surface area contributed by atoms with Crippen molar-refractivity contribution in [2.24, 2.45) is 0 Å². The number of nitrogens with one attached hydrogen (secondary N) is 1. The highest BCUT2D eigenvalue weighted by Gasteiger charge is 2.26. The van der Waals surface area contributed by atoms with Crippen LogP contribution in [-0.2, 0) is 11.3 Å². The van der Waals surface area contributed by atoms with E-state index in [0.29, 0.717) is 54.1 Å². The first-order valence-corrected chi connectivity index (χ1v) is 11.3. The molecule has 0 spiro atoms. The molecule has 1 aliphatic heterocycles. The number of thiazole rings is 1. The highest BCUT2D eigenvalue weighted by atomic mass is 35.5. The Balaban J connectivity index is 1.62. The molecule has 166 valence electrons. The number of urea groups is 1. The van der Waals surface area contributed by atoms with Crippen LogP contribution >= 0.6 is 22.9 Å². The first-order valence-electron chi connectivity index (χ1n) is 10.1. The van der Waals surface area contributed by atoms with Crippen LogP contribution in [0.3, 0.4) is 0 Å². The quantitative estimate of drug-likeness (QED) is 0.734. The first kappa shape index (κ1) is 23.0. The van der Waals surface area contributed by atoms with E-state index in [1.807, 2.05) is 13.8 Å². The number of carbonyl (C=O) groups excluding carboxylic acids is 3. The van der Waals surface area contributed by atoms with Gasteiger partial charge in [-0.05, 0) is 38.1 Å². The summed E-state index contributed by atoms with van der Waals surface area (Å²) in [6, 6.07) is 6.60. The summed E-state index contributed by atoms with van der Waals surface area (Å²) in [7, 11) is 0. The van der Waals surface area contributed by atoms with Crippen molar-refractivity contribution < 1.29 is 14.4 Å². The smallest absolute Gasteiger partial charge is 0.322 e. The molecule has 0 radical (unpaired) electrons. The number of aromatic nitrogens is 1. The van der Waals surface area contributed by atoms with Crippen molar-refractivity contribution in [1.82, 2.24) is 19.7 Å². The van der Waals surface area contributed by atoms with Crippen LogP contribution in [0.25, 0.3) is 0 Å². The third kappa shape index (κ3) is 5.95. The topological polar surface area (TPSA) is 85.9 Å². The molecule has 2 heterocycles. The fraction of sp³-hybridized carbons (Fsp3) is 0.429. The van der Waals surface area contributed by atoms with Gasteiger partial charge in [0.2, 0.25) is 5.91 Å². The normalized spacial score (nSPS) is 14.0. The second-order valence-electron chi connectivity index (χ2n) is 7.58. The zero-order valence-electron chi connectivity index (χ0n) is 17.8. The molecule has 31 heavy (non-hydrogen) atoms. The summed E-state index contributed by atoms with van der Waals surface area (Å²) < 4.78 is 0. The number of hydrogen-bond acceptors (Lipinski definition) is 5. The molecular formula is C21H26ClN5O3S. The van der Waals surface area contributed by atoms with Gasteiger partial charge in [-0.1, -0.05) is 11.6 Å². The minimum absolute atomic E-state index is 0.0219. The Morgan fingerprint density at radius 1 is 1.13 bits per heavy atom. The molecule has 2 aromatic rings. The molecule has 8 nitrogen and oxygen atoms in total. The summed E-state index contributed by atoms with van der Waals surface area (Å²) in [6.45, 7) is 7.74. The van der Waals surface area contributed by atoms with Gasteiger partial charge in [0.15, 0.2) is 0 Å². The molecule has 10 heteroatoms. The molecule has 1 aromatic carbocycles. The largest absolute Gasteiger partial charge is 0.339 e. The third-order valence-corrected chi connectivity index (χ3v) is 6.15. The predicted octanol–water partition coefficient (Wildman–Crippen LogP) is 3.54. The number of hydrogen-bond donors (Lipinski definition) is 1. The van der Waals surface area contributed by atoms with Crippen molar-refractivity contribution in [3.8, 4) is 0 Å². The second kappa shape index (κ2) is 10.1.